The Morgan fingerprint density at radius 1 is 0.189 bits per heavy atom. The first kappa shape index (κ1) is 63.3. The lowest BCUT2D eigenvalue weighted by molar-refractivity contribution is 1.19. The Morgan fingerprint density at radius 3 is 0.910 bits per heavy atom. The van der Waals surface area contributed by atoms with Gasteiger partial charge in [0.1, 0.15) is 0 Å². The minimum atomic E-state index is 0.988. The van der Waals surface area contributed by atoms with E-state index in [2.05, 4.69) is 339 Å². The highest BCUT2D eigenvalue weighted by Crippen LogP contribution is 2.47. The summed E-state index contributed by atoms with van der Waals surface area (Å²) in [5.74, 6) is 0. The quantitative estimate of drug-likeness (QED) is 0.155. The summed E-state index contributed by atoms with van der Waals surface area (Å²) in [4.78, 5) is 23.3. The average Bonchev–Trinajstić information content (AvgIpc) is 1.58. The number of aromatic nitrogens is 8. The highest BCUT2D eigenvalue weighted by Gasteiger charge is 2.24. The van der Waals surface area contributed by atoms with Crippen LogP contribution in [0.15, 0.2) is 389 Å². The van der Waals surface area contributed by atoms with Crippen LogP contribution in [0.1, 0.15) is 0 Å². The number of fused-ring (bicyclic) bond motifs is 27. The van der Waals surface area contributed by atoms with Crippen LogP contribution in [-0.4, -0.2) is 38.6 Å². The number of hydrogen-bond donors (Lipinski definition) is 0. The minimum Gasteiger partial charge on any atom is -0.309 e. The van der Waals surface area contributed by atoms with E-state index in [9.17, 15) is 0 Å². The van der Waals surface area contributed by atoms with Crippen LogP contribution in [-0.2, 0) is 0 Å². The molecular weight excluding hydrogens is 1350 g/mol. The van der Waals surface area contributed by atoms with Crippen LogP contribution in [0.4, 0.5) is 0 Å². The van der Waals surface area contributed by atoms with Crippen LogP contribution in [0.3, 0.4) is 0 Å². The van der Waals surface area contributed by atoms with Gasteiger partial charge in [0.25, 0.3) is 0 Å². The Hall–Kier alpha value is -15.0. The predicted molar refractivity (Wildman–Crippen MR) is 465 cm³/mol. The molecule has 0 aliphatic rings. The fraction of sp³-hybridized carbons (Fsp3) is 0. The molecule has 516 valence electrons. The van der Waals surface area contributed by atoms with E-state index >= 15 is 0 Å². The van der Waals surface area contributed by atoms with Crippen molar-refractivity contribution in [2.24, 2.45) is 0 Å². The molecule has 0 saturated heterocycles. The zero-order valence-corrected chi connectivity index (χ0v) is 60.0. The summed E-state index contributed by atoms with van der Waals surface area (Å²) in [6.45, 7) is 0. The number of para-hydroxylation sites is 3. The van der Waals surface area contributed by atoms with E-state index in [0.717, 1.165) is 55.8 Å². The third-order valence-electron chi connectivity index (χ3n) is 22.5. The molecule has 0 aliphatic heterocycles. The molecule has 8 nitrogen and oxygen atoms in total. The Balaban J connectivity index is 0.000000102. The molecule has 0 amide bonds. The van der Waals surface area contributed by atoms with Gasteiger partial charge in [0.15, 0.2) is 0 Å². The van der Waals surface area contributed by atoms with E-state index in [1.54, 1.807) is 0 Å². The number of rotatable bonds is 6. The van der Waals surface area contributed by atoms with E-state index in [-0.39, 0.29) is 0 Å². The average molecular weight is 1410 g/mol. The lowest BCUT2D eigenvalue weighted by atomic mass is 9.99. The van der Waals surface area contributed by atoms with E-state index in [4.69, 9.17) is 15.0 Å². The lowest BCUT2D eigenvalue weighted by Gasteiger charge is -2.13. The van der Waals surface area contributed by atoms with Crippen molar-refractivity contribution < 1.29 is 0 Å². The van der Waals surface area contributed by atoms with Crippen molar-refractivity contribution in [2.75, 3.05) is 0 Å². The van der Waals surface area contributed by atoms with Crippen molar-refractivity contribution in [1.82, 2.24) is 38.6 Å². The molecule has 0 bridgehead atoms. The summed E-state index contributed by atoms with van der Waals surface area (Å²) >= 11 is 0. The first-order chi connectivity index (χ1) is 55.1. The molecule has 8 heterocycles. The Labute approximate surface area is 636 Å². The van der Waals surface area contributed by atoms with Gasteiger partial charge in [-0.3, -0.25) is 24.9 Å². The summed E-state index contributed by atoms with van der Waals surface area (Å²) in [6, 6.07) is 126. The summed E-state index contributed by atoms with van der Waals surface area (Å²) in [7, 11) is 0. The highest BCUT2D eigenvalue weighted by atomic mass is 15.0. The molecule has 16 aromatic carbocycles. The normalized spacial score (nSPS) is 11.8. The second-order valence-electron chi connectivity index (χ2n) is 28.6. The highest BCUT2D eigenvalue weighted by molar-refractivity contribution is 6.34. The first-order valence-electron chi connectivity index (χ1n) is 37.7. The molecule has 0 aliphatic carbocycles. The van der Waals surface area contributed by atoms with Crippen LogP contribution in [0.2, 0.25) is 0 Å². The van der Waals surface area contributed by atoms with Gasteiger partial charge in [0.05, 0.1) is 55.3 Å². The third kappa shape index (κ3) is 10.3. The summed E-state index contributed by atoms with van der Waals surface area (Å²) in [5.41, 5.74) is 20.7. The van der Waals surface area contributed by atoms with Crippen molar-refractivity contribution in [3.05, 3.63) is 389 Å². The molecule has 24 rings (SSSR count). The molecule has 0 radical (unpaired) electrons. The largest absolute Gasteiger partial charge is 0.309 e. The van der Waals surface area contributed by atoms with Crippen LogP contribution in [0.5, 0.6) is 0 Å². The second-order valence-corrected chi connectivity index (χ2v) is 28.6. The van der Waals surface area contributed by atoms with E-state index in [1.165, 1.54) is 158 Å². The molecule has 111 heavy (non-hydrogen) atoms. The van der Waals surface area contributed by atoms with Gasteiger partial charge in [-0.1, -0.05) is 224 Å². The zero-order valence-electron chi connectivity index (χ0n) is 60.0. The Morgan fingerprint density at radius 2 is 0.505 bits per heavy atom. The van der Waals surface area contributed by atoms with Gasteiger partial charge in [-0.05, 0) is 193 Å². The van der Waals surface area contributed by atoms with Gasteiger partial charge < -0.3 is 13.7 Å². The van der Waals surface area contributed by atoms with Crippen molar-refractivity contribution in [1.29, 1.82) is 0 Å². The molecule has 24 aromatic rings. The number of nitrogens with zero attached hydrogens (tertiary/aromatic N) is 8. The SMILES string of the molecule is c1ccc(-c2ccc3cc(-n4c5ccccc5c5c6ccccc6c6ncccc6c54)ccc3c2)cc1.c1ccc(-c2ccc3cc(-n4c5ccccc5c5c6ccccc6c6ncccc6c54)ccc3c2)nc1.c1cncc(-c2ccc3cc(-n4c5ccccc5c5c6ccccc6c6ncccc6c54)ccc3c2)c1. The second kappa shape index (κ2) is 25.9. The van der Waals surface area contributed by atoms with Gasteiger partial charge in [-0.25, -0.2) is 0 Å². The van der Waals surface area contributed by atoms with Crippen molar-refractivity contribution in [3.63, 3.8) is 0 Å². The maximum atomic E-state index is 4.84. The molecule has 0 N–H and O–H groups in total. The van der Waals surface area contributed by atoms with Gasteiger partial charge in [0.2, 0.25) is 0 Å². The van der Waals surface area contributed by atoms with Crippen LogP contribution in [0.25, 0.3) is 213 Å². The maximum absolute atomic E-state index is 4.84. The van der Waals surface area contributed by atoms with Crippen molar-refractivity contribution >= 4 is 163 Å². The molecular formula is C103H64N8. The predicted octanol–water partition coefficient (Wildman–Crippen LogP) is 26.7. The molecule has 8 aromatic heterocycles. The van der Waals surface area contributed by atoms with Gasteiger partial charge in [-0.2, -0.15) is 0 Å². The van der Waals surface area contributed by atoms with Gasteiger partial charge in [-0.15, -0.1) is 0 Å². The minimum absolute atomic E-state index is 0.988. The standard InChI is InChI=1S/C35H22N2.2C34H21N3/c1-2-9-23(10-3-1)24-16-17-26-22-27(19-18-25(26)21-24)37-32-15-7-6-13-30(32)33-28-11-4-5-12-29(28)34-31(35(33)37)14-8-20-36-34;1-2-9-28-27(8-1)32-29-10-3-4-12-31(29)37(34(32)30-11-6-18-36-33(28)30)26-16-15-22-19-23(13-14-24(22)20-26)25-7-5-17-35-21-25;1-2-9-27-26(8-1)32-28-10-3-4-13-31(28)37(34(32)29-11-7-19-36-33(27)29)25-17-16-22-20-24(15-14-23(22)21-25)30-12-5-6-18-35-30/h1-22H;2*1-21H. The van der Waals surface area contributed by atoms with E-state index in [0.29, 0.717) is 0 Å². The van der Waals surface area contributed by atoms with Crippen molar-refractivity contribution in [3.8, 4) is 50.6 Å². The molecule has 0 spiro atoms. The van der Waals surface area contributed by atoms with Gasteiger partial charge >= 0.3 is 0 Å². The zero-order chi connectivity index (χ0) is 73.0. The first-order valence-corrected chi connectivity index (χ1v) is 37.7. The Bertz CT molecular complexity index is 7160. The number of pyridine rings is 5. The smallest absolute Gasteiger partial charge is 0.0801 e. The molecule has 0 saturated carbocycles. The fourth-order valence-corrected chi connectivity index (χ4v) is 17.6. The number of hydrogen-bond acceptors (Lipinski definition) is 5. The van der Waals surface area contributed by atoms with Crippen LogP contribution >= 0.6 is 0 Å². The monoisotopic (exact) mass is 1410 g/mol. The summed E-state index contributed by atoms with van der Waals surface area (Å²) in [6.07, 6.45) is 11.2. The maximum Gasteiger partial charge on any atom is 0.0801 e. The lowest BCUT2D eigenvalue weighted by Crippen LogP contribution is -1.95. The molecule has 0 unspecified atom stereocenters. The summed E-state index contributed by atoms with van der Waals surface area (Å²) < 4.78 is 7.24. The van der Waals surface area contributed by atoms with Crippen LogP contribution in [0, 0.1) is 0 Å². The van der Waals surface area contributed by atoms with Crippen LogP contribution < -0.4 is 0 Å². The number of benzene rings is 16. The van der Waals surface area contributed by atoms with E-state index < -0.39 is 0 Å². The fourth-order valence-electron chi connectivity index (χ4n) is 17.6. The van der Waals surface area contributed by atoms with Gasteiger partial charge in [0, 0.05) is 130 Å². The topological polar surface area (TPSA) is 79.2 Å². The molecule has 0 atom stereocenters. The molecule has 8 heteroatoms. The molecule has 0 fully saturated rings. The summed E-state index contributed by atoms with van der Waals surface area (Å²) in [5, 5.41) is 25.7. The third-order valence-corrected chi connectivity index (χ3v) is 22.5. The Kier molecular flexibility index (Phi) is 14.8. The van der Waals surface area contributed by atoms with E-state index in [1.807, 2.05) is 73.6 Å². The van der Waals surface area contributed by atoms with Crippen molar-refractivity contribution in [2.45, 2.75) is 0 Å².